The molecule has 1 aromatic carbocycles. The standard InChI is InChI=1S/C15H21FO4/c1-3-10(6-13(18)9(2)17)11-7-14-15(8-12(11)16)20-5-4-19-14/h7-10,13,17-18H,3-6H2,1-2H3. The number of ether oxygens (including phenoxy) is 2. The number of halogens is 1. The van der Waals surface area contributed by atoms with Crippen LogP contribution in [0.25, 0.3) is 0 Å². The molecule has 0 aliphatic carbocycles. The van der Waals surface area contributed by atoms with Crippen LogP contribution in [0.4, 0.5) is 4.39 Å². The maximum absolute atomic E-state index is 14.2. The summed E-state index contributed by atoms with van der Waals surface area (Å²) in [5.41, 5.74) is 0.497. The molecule has 0 radical (unpaired) electrons. The zero-order chi connectivity index (χ0) is 14.7. The van der Waals surface area contributed by atoms with Crippen molar-refractivity contribution in [2.45, 2.75) is 44.8 Å². The van der Waals surface area contributed by atoms with Gasteiger partial charge in [-0.2, -0.15) is 0 Å². The highest BCUT2D eigenvalue weighted by atomic mass is 19.1. The van der Waals surface area contributed by atoms with Crippen LogP contribution in [-0.4, -0.2) is 35.6 Å². The molecule has 0 amide bonds. The third-order valence-corrected chi connectivity index (χ3v) is 3.68. The molecule has 20 heavy (non-hydrogen) atoms. The van der Waals surface area contributed by atoms with Crippen LogP contribution in [0.1, 0.15) is 38.2 Å². The van der Waals surface area contributed by atoms with Crippen molar-refractivity contribution in [1.82, 2.24) is 0 Å². The molecule has 1 aliphatic heterocycles. The minimum absolute atomic E-state index is 0.171. The van der Waals surface area contributed by atoms with Gasteiger partial charge in [0.1, 0.15) is 19.0 Å². The molecule has 5 heteroatoms. The molecule has 2 rings (SSSR count). The van der Waals surface area contributed by atoms with Crippen LogP contribution >= 0.6 is 0 Å². The summed E-state index contributed by atoms with van der Waals surface area (Å²) in [5.74, 6) is 0.426. The fraction of sp³-hybridized carbons (Fsp3) is 0.600. The van der Waals surface area contributed by atoms with E-state index in [2.05, 4.69) is 0 Å². The molecule has 0 saturated carbocycles. The van der Waals surface area contributed by atoms with Gasteiger partial charge in [0, 0.05) is 6.07 Å². The number of aliphatic hydroxyl groups excluding tert-OH is 2. The van der Waals surface area contributed by atoms with E-state index in [1.807, 2.05) is 6.92 Å². The van der Waals surface area contributed by atoms with E-state index < -0.39 is 12.2 Å². The van der Waals surface area contributed by atoms with E-state index in [4.69, 9.17) is 9.47 Å². The Kier molecular flexibility index (Phi) is 4.83. The first-order valence-electron chi connectivity index (χ1n) is 6.98. The highest BCUT2D eigenvalue weighted by molar-refractivity contribution is 5.45. The average Bonchev–Trinajstić information content (AvgIpc) is 2.43. The van der Waals surface area contributed by atoms with E-state index in [1.165, 1.54) is 13.0 Å². The van der Waals surface area contributed by atoms with Gasteiger partial charge in [-0.15, -0.1) is 0 Å². The summed E-state index contributed by atoms with van der Waals surface area (Å²) < 4.78 is 25.0. The molecule has 0 bridgehead atoms. The summed E-state index contributed by atoms with van der Waals surface area (Å²) in [6.07, 6.45) is -0.720. The van der Waals surface area contributed by atoms with Gasteiger partial charge in [0.15, 0.2) is 11.5 Å². The van der Waals surface area contributed by atoms with Gasteiger partial charge in [0.05, 0.1) is 12.2 Å². The molecule has 0 saturated heterocycles. The Morgan fingerprint density at radius 1 is 1.20 bits per heavy atom. The summed E-state index contributed by atoms with van der Waals surface area (Å²) in [7, 11) is 0. The van der Waals surface area contributed by atoms with Crippen LogP contribution in [0.2, 0.25) is 0 Å². The Morgan fingerprint density at radius 2 is 1.80 bits per heavy atom. The molecule has 1 aromatic rings. The highest BCUT2D eigenvalue weighted by Gasteiger charge is 2.24. The number of hydrogen-bond acceptors (Lipinski definition) is 4. The van der Waals surface area contributed by atoms with Crippen molar-refractivity contribution in [1.29, 1.82) is 0 Å². The SMILES string of the molecule is CCC(CC(O)C(C)O)c1cc2c(cc1F)OCCO2. The number of fused-ring (bicyclic) bond motifs is 1. The van der Waals surface area contributed by atoms with Gasteiger partial charge in [-0.05, 0) is 37.3 Å². The zero-order valence-corrected chi connectivity index (χ0v) is 11.8. The number of aliphatic hydroxyl groups is 2. The van der Waals surface area contributed by atoms with Crippen LogP contribution in [0.5, 0.6) is 11.5 Å². The Labute approximate surface area is 118 Å². The van der Waals surface area contributed by atoms with Gasteiger partial charge < -0.3 is 19.7 Å². The van der Waals surface area contributed by atoms with Crippen LogP contribution < -0.4 is 9.47 Å². The van der Waals surface area contributed by atoms with Gasteiger partial charge in [0.2, 0.25) is 0 Å². The number of hydrogen-bond donors (Lipinski definition) is 2. The maximum Gasteiger partial charge on any atom is 0.164 e. The summed E-state index contributed by atoms with van der Waals surface area (Å²) in [4.78, 5) is 0. The van der Waals surface area contributed by atoms with Crippen molar-refractivity contribution in [3.63, 3.8) is 0 Å². The van der Waals surface area contributed by atoms with Crippen LogP contribution in [0.3, 0.4) is 0 Å². The fourth-order valence-electron chi connectivity index (χ4n) is 2.39. The Balaban J connectivity index is 2.25. The third-order valence-electron chi connectivity index (χ3n) is 3.68. The quantitative estimate of drug-likeness (QED) is 0.870. The zero-order valence-electron chi connectivity index (χ0n) is 11.8. The highest BCUT2D eigenvalue weighted by Crippen LogP contribution is 2.37. The molecule has 1 heterocycles. The summed E-state index contributed by atoms with van der Waals surface area (Å²) in [5, 5.41) is 19.2. The van der Waals surface area contributed by atoms with Crippen molar-refractivity contribution in [3.8, 4) is 11.5 Å². The third kappa shape index (κ3) is 3.22. The number of benzene rings is 1. The predicted molar refractivity (Wildman–Crippen MR) is 72.7 cm³/mol. The van der Waals surface area contributed by atoms with Gasteiger partial charge in [-0.3, -0.25) is 0 Å². The Hall–Kier alpha value is -1.33. The topological polar surface area (TPSA) is 58.9 Å². The smallest absolute Gasteiger partial charge is 0.164 e. The lowest BCUT2D eigenvalue weighted by Gasteiger charge is -2.24. The molecule has 3 atom stereocenters. The first-order chi connectivity index (χ1) is 9.52. The van der Waals surface area contributed by atoms with E-state index >= 15 is 0 Å². The molecule has 112 valence electrons. The van der Waals surface area contributed by atoms with Crippen LogP contribution in [0, 0.1) is 5.82 Å². The average molecular weight is 284 g/mol. The molecule has 0 aromatic heterocycles. The van der Waals surface area contributed by atoms with Crippen LogP contribution in [0.15, 0.2) is 12.1 Å². The second-order valence-electron chi connectivity index (χ2n) is 5.17. The fourth-order valence-corrected chi connectivity index (χ4v) is 2.39. The maximum atomic E-state index is 14.2. The van der Waals surface area contributed by atoms with Gasteiger partial charge in [0.25, 0.3) is 0 Å². The van der Waals surface area contributed by atoms with Crippen molar-refractivity contribution >= 4 is 0 Å². The first kappa shape index (κ1) is 15.1. The molecule has 0 fully saturated rings. The van der Waals surface area contributed by atoms with E-state index in [9.17, 15) is 14.6 Å². The lowest BCUT2D eigenvalue weighted by molar-refractivity contribution is 0.0213. The minimum atomic E-state index is -0.868. The molecule has 0 spiro atoms. The predicted octanol–water partition coefficient (Wildman–Crippen LogP) is 2.22. The second kappa shape index (κ2) is 6.41. The van der Waals surface area contributed by atoms with Crippen LogP contribution in [-0.2, 0) is 0 Å². The minimum Gasteiger partial charge on any atom is -0.486 e. The van der Waals surface area contributed by atoms with Crippen molar-refractivity contribution in [2.75, 3.05) is 13.2 Å². The number of rotatable bonds is 5. The van der Waals surface area contributed by atoms with E-state index in [1.54, 1.807) is 6.07 Å². The van der Waals surface area contributed by atoms with Gasteiger partial charge in [-0.1, -0.05) is 6.92 Å². The molecule has 1 aliphatic rings. The van der Waals surface area contributed by atoms with E-state index in [0.29, 0.717) is 43.1 Å². The molecule has 2 N–H and O–H groups in total. The van der Waals surface area contributed by atoms with E-state index in [0.717, 1.165) is 0 Å². The first-order valence-corrected chi connectivity index (χ1v) is 6.98. The Morgan fingerprint density at radius 3 is 2.35 bits per heavy atom. The molecule has 4 nitrogen and oxygen atoms in total. The molecular weight excluding hydrogens is 263 g/mol. The summed E-state index contributed by atoms with van der Waals surface area (Å²) in [6, 6.07) is 2.98. The summed E-state index contributed by atoms with van der Waals surface area (Å²) in [6.45, 7) is 4.32. The lowest BCUT2D eigenvalue weighted by Crippen LogP contribution is -2.25. The van der Waals surface area contributed by atoms with Gasteiger partial charge >= 0.3 is 0 Å². The normalized spacial score (nSPS) is 18.4. The largest absolute Gasteiger partial charge is 0.486 e. The lowest BCUT2D eigenvalue weighted by atomic mass is 9.89. The molecule has 3 unspecified atom stereocenters. The second-order valence-corrected chi connectivity index (χ2v) is 5.17. The molecular formula is C15H21FO4. The Bertz CT molecular complexity index is 461. The van der Waals surface area contributed by atoms with Crippen molar-refractivity contribution < 1.29 is 24.1 Å². The van der Waals surface area contributed by atoms with Crippen molar-refractivity contribution in [3.05, 3.63) is 23.5 Å². The summed E-state index contributed by atoms with van der Waals surface area (Å²) >= 11 is 0. The van der Waals surface area contributed by atoms with Crippen molar-refractivity contribution in [2.24, 2.45) is 0 Å². The van der Waals surface area contributed by atoms with Gasteiger partial charge in [-0.25, -0.2) is 4.39 Å². The van der Waals surface area contributed by atoms with E-state index in [-0.39, 0.29) is 11.7 Å². The monoisotopic (exact) mass is 284 g/mol.